The van der Waals surface area contributed by atoms with Crippen molar-refractivity contribution in [2.75, 3.05) is 10.6 Å². The molecule has 1 atom stereocenters. The van der Waals surface area contributed by atoms with Crippen molar-refractivity contribution in [3.8, 4) is 0 Å². The average Bonchev–Trinajstić information content (AvgIpc) is 2.61. The zero-order valence-corrected chi connectivity index (χ0v) is 13.9. The maximum absolute atomic E-state index is 11.6. The fourth-order valence-electron chi connectivity index (χ4n) is 2.30. The highest BCUT2D eigenvalue weighted by molar-refractivity contribution is 5.96. The molecule has 6 N–H and O–H groups in total. The van der Waals surface area contributed by atoms with E-state index in [1.807, 2.05) is 30.3 Å². The van der Waals surface area contributed by atoms with Crippen molar-refractivity contribution < 1.29 is 9.59 Å². The van der Waals surface area contributed by atoms with Crippen molar-refractivity contribution >= 4 is 40.0 Å². The molecule has 0 aliphatic heterocycles. The van der Waals surface area contributed by atoms with Crippen LogP contribution in [0.3, 0.4) is 0 Å². The van der Waals surface area contributed by atoms with Gasteiger partial charge in [-0.25, -0.2) is 9.97 Å². The first-order chi connectivity index (χ1) is 12.4. The van der Waals surface area contributed by atoms with Gasteiger partial charge in [-0.15, -0.1) is 0 Å². The Balaban J connectivity index is 1.95. The molecule has 0 fully saturated rings. The summed E-state index contributed by atoms with van der Waals surface area (Å²) in [7, 11) is 0. The van der Waals surface area contributed by atoms with Crippen LogP contribution in [-0.4, -0.2) is 32.8 Å². The SMILES string of the molecule is C[C@@H](Nc1cnc(C(N)=O)c(Nc2cnc3ccccc3c2)n1)C(N)=O. The number of carbonyl (C=O) groups is 2. The second-order valence-corrected chi connectivity index (χ2v) is 5.63. The molecule has 0 aliphatic rings. The maximum atomic E-state index is 11.6. The van der Waals surface area contributed by atoms with Gasteiger partial charge in [0, 0.05) is 5.39 Å². The lowest BCUT2D eigenvalue weighted by Crippen LogP contribution is -2.33. The summed E-state index contributed by atoms with van der Waals surface area (Å²) in [4.78, 5) is 35.5. The quantitative estimate of drug-likeness (QED) is 0.520. The summed E-state index contributed by atoms with van der Waals surface area (Å²) in [5, 5.41) is 6.72. The van der Waals surface area contributed by atoms with Crippen molar-refractivity contribution in [3.05, 3.63) is 48.4 Å². The topological polar surface area (TPSA) is 149 Å². The molecule has 2 aromatic heterocycles. The molecular weight excluding hydrogens is 334 g/mol. The summed E-state index contributed by atoms with van der Waals surface area (Å²) in [5.41, 5.74) is 12.0. The lowest BCUT2D eigenvalue weighted by atomic mass is 10.2. The van der Waals surface area contributed by atoms with E-state index in [0.29, 0.717) is 5.69 Å². The number of benzene rings is 1. The average molecular weight is 351 g/mol. The Hall–Kier alpha value is -3.75. The summed E-state index contributed by atoms with van der Waals surface area (Å²) < 4.78 is 0. The normalized spacial score (nSPS) is 11.7. The van der Waals surface area contributed by atoms with Crippen LogP contribution in [0.5, 0.6) is 0 Å². The number of primary amides is 2. The van der Waals surface area contributed by atoms with E-state index in [0.717, 1.165) is 10.9 Å². The molecular formula is C17H17N7O2. The summed E-state index contributed by atoms with van der Waals surface area (Å²) in [6, 6.07) is 8.82. The Morgan fingerprint density at radius 3 is 2.62 bits per heavy atom. The van der Waals surface area contributed by atoms with Gasteiger partial charge in [0.05, 0.1) is 23.6 Å². The monoisotopic (exact) mass is 351 g/mol. The lowest BCUT2D eigenvalue weighted by Gasteiger charge is -2.14. The number of pyridine rings is 1. The largest absolute Gasteiger partial charge is 0.368 e. The van der Waals surface area contributed by atoms with Gasteiger partial charge in [-0.2, -0.15) is 0 Å². The highest BCUT2D eigenvalue weighted by atomic mass is 16.1. The second kappa shape index (κ2) is 7.01. The Kier molecular flexibility index (Phi) is 4.61. The molecule has 0 aliphatic carbocycles. The van der Waals surface area contributed by atoms with Crippen LogP contribution in [0.25, 0.3) is 10.9 Å². The Bertz CT molecular complexity index is 990. The number of nitrogens with one attached hydrogen (secondary N) is 2. The smallest absolute Gasteiger partial charge is 0.271 e. The Morgan fingerprint density at radius 2 is 1.88 bits per heavy atom. The molecule has 0 radical (unpaired) electrons. The van der Waals surface area contributed by atoms with Crippen molar-refractivity contribution in [1.82, 2.24) is 15.0 Å². The van der Waals surface area contributed by atoms with Gasteiger partial charge in [0.25, 0.3) is 5.91 Å². The van der Waals surface area contributed by atoms with E-state index in [-0.39, 0.29) is 17.3 Å². The zero-order chi connectivity index (χ0) is 18.7. The van der Waals surface area contributed by atoms with Crippen molar-refractivity contribution in [2.24, 2.45) is 11.5 Å². The van der Waals surface area contributed by atoms with Gasteiger partial charge in [-0.05, 0) is 19.1 Å². The van der Waals surface area contributed by atoms with E-state index in [9.17, 15) is 9.59 Å². The van der Waals surface area contributed by atoms with Gasteiger partial charge in [0.1, 0.15) is 11.9 Å². The molecule has 0 unspecified atom stereocenters. The number of hydrogen-bond acceptors (Lipinski definition) is 7. The fraction of sp³-hybridized carbons (Fsp3) is 0.118. The molecule has 0 bridgehead atoms. The van der Waals surface area contributed by atoms with E-state index < -0.39 is 17.9 Å². The standard InChI is InChI=1S/C17H17N7O2/c1-9(15(18)25)22-13-8-21-14(16(19)26)17(24-13)23-11-6-10-4-2-3-5-12(10)20-7-11/h2-9H,1H3,(H2,18,25)(H2,19,26)(H2,22,23,24)/t9-/m1/s1. The number of hydrogen-bond donors (Lipinski definition) is 4. The number of nitrogens with zero attached hydrogens (tertiary/aromatic N) is 3. The molecule has 26 heavy (non-hydrogen) atoms. The fourth-order valence-corrected chi connectivity index (χ4v) is 2.30. The van der Waals surface area contributed by atoms with Crippen molar-refractivity contribution in [2.45, 2.75) is 13.0 Å². The van der Waals surface area contributed by atoms with Gasteiger partial charge in [-0.3, -0.25) is 14.6 Å². The number of rotatable bonds is 6. The number of para-hydroxylation sites is 1. The number of aromatic nitrogens is 3. The number of carbonyl (C=O) groups excluding carboxylic acids is 2. The van der Waals surface area contributed by atoms with Crippen LogP contribution in [0, 0.1) is 0 Å². The van der Waals surface area contributed by atoms with Gasteiger partial charge >= 0.3 is 0 Å². The predicted octanol–water partition coefficient (Wildman–Crippen LogP) is 1.15. The molecule has 0 spiro atoms. The van der Waals surface area contributed by atoms with Gasteiger partial charge in [-0.1, -0.05) is 18.2 Å². The molecule has 9 nitrogen and oxygen atoms in total. The summed E-state index contributed by atoms with van der Waals surface area (Å²) in [6.07, 6.45) is 2.92. The molecule has 2 heterocycles. The number of fused-ring (bicyclic) bond motifs is 1. The third-order valence-corrected chi connectivity index (χ3v) is 3.65. The molecule has 0 saturated carbocycles. The zero-order valence-electron chi connectivity index (χ0n) is 13.9. The molecule has 3 rings (SSSR count). The molecule has 1 aromatic carbocycles. The number of anilines is 3. The van der Waals surface area contributed by atoms with E-state index in [2.05, 4.69) is 25.6 Å². The Labute approximate surface area is 148 Å². The first-order valence-electron chi connectivity index (χ1n) is 7.78. The molecule has 9 heteroatoms. The van der Waals surface area contributed by atoms with Crippen LogP contribution < -0.4 is 22.1 Å². The minimum atomic E-state index is -0.733. The Morgan fingerprint density at radius 1 is 1.12 bits per heavy atom. The third kappa shape index (κ3) is 3.66. The number of nitrogens with two attached hydrogens (primary N) is 2. The van der Waals surface area contributed by atoms with Crippen LogP contribution in [0.4, 0.5) is 17.3 Å². The van der Waals surface area contributed by atoms with Gasteiger partial charge in [0.2, 0.25) is 5.91 Å². The maximum Gasteiger partial charge on any atom is 0.271 e. The molecule has 3 aromatic rings. The van der Waals surface area contributed by atoms with Gasteiger partial charge < -0.3 is 22.1 Å². The highest BCUT2D eigenvalue weighted by Gasteiger charge is 2.16. The number of amides is 2. The molecule has 132 valence electrons. The van der Waals surface area contributed by atoms with E-state index in [1.165, 1.54) is 6.20 Å². The second-order valence-electron chi connectivity index (χ2n) is 5.63. The molecule has 2 amide bonds. The van der Waals surface area contributed by atoms with Crippen molar-refractivity contribution in [1.29, 1.82) is 0 Å². The first kappa shape index (κ1) is 17.1. The van der Waals surface area contributed by atoms with Crippen LogP contribution >= 0.6 is 0 Å². The minimum absolute atomic E-state index is 0.0320. The predicted molar refractivity (Wildman–Crippen MR) is 97.9 cm³/mol. The third-order valence-electron chi connectivity index (χ3n) is 3.65. The van der Waals surface area contributed by atoms with Gasteiger partial charge in [0.15, 0.2) is 11.5 Å². The summed E-state index contributed by atoms with van der Waals surface area (Å²) >= 11 is 0. The minimum Gasteiger partial charge on any atom is -0.368 e. The van der Waals surface area contributed by atoms with Crippen LogP contribution in [0.1, 0.15) is 17.4 Å². The molecule has 0 saturated heterocycles. The van der Waals surface area contributed by atoms with Crippen LogP contribution in [0.2, 0.25) is 0 Å². The van der Waals surface area contributed by atoms with Crippen LogP contribution in [0.15, 0.2) is 42.7 Å². The lowest BCUT2D eigenvalue weighted by molar-refractivity contribution is -0.118. The van der Waals surface area contributed by atoms with E-state index in [1.54, 1.807) is 13.1 Å². The van der Waals surface area contributed by atoms with Crippen LogP contribution in [-0.2, 0) is 4.79 Å². The van der Waals surface area contributed by atoms with E-state index >= 15 is 0 Å². The summed E-state index contributed by atoms with van der Waals surface area (Å²) in [6.45, 7) is 1.59. The summed E-state index contributed by atoms with van der Waals surface area (Å²) in [5.74, 6) is -0.851. The van der Waals surface area contributed by atoms with E-state index in [4.69, 9.17) is 11.5 Å². The first-order valence-corrected chi connectivity index (χ1v) is 7.78. The highest BCUT2D eigenvalue weighted by Crippen LogP contribution is 2.22. The van der Waals surface area contributed by atoms with Crippen molar-refractivity contribution in [3.63, 3.8) is 0 Å².